The summed E-state index contributed by atoms with van der Waals surface area (Å²) in [4.78, 5) is 0. The Morgan fingerprint density at radius 1 is 1.43 bits per heavy atom. The van der Waals surface area contributed by atoms with E-state index < -0.39 is 5.67 Å². The van der Waals surface area contributed by atoms with E-state index in [1.165, 1.54) is 0 Å². The topological polar surface area (TPSA) is 0 Å². The first-order chi connectivity index (χ1) is 6.47. The molecule has 1 atom stereocenters. The van der Waals surface area contributed by atoms with Gasteiger partial charge in [0, 0.05) is 6.42 Å². The van der Waals surface area contributed by atoms with E-state index in [1.807, 2.05) is 32.0 Å². The van der Waals surface area contributed by atoms with Crippen molar-refractivity contribution in [3.05, 3.63) is 47.5 Å². The summed E-state index contributed by atoms with van der Waals surface area (Å²) in [6.07, 6.45) is 1.99. The lowest BCUT2D eigenvalue weighted by Gasteiger charge is -2.21. The van der Waals surface area contributed by atoms with E-state index in [0.29, 0.717) is 6.42 Å². The third-order valence-corrected chi connectivity index (χ3v) is 2.48. The van der Waals surface area contributed by atoms with Gasteiger partial charge in [0.25, 0.3) is 0 Å². The van der Waals surface area contributed by atoms with E-state index in [0.717, 1.165) is 16.7 Å². The van der Waals surface area contributed by atoms with Crippen LogP contribution in [0, 0.1) is 13.8 Å². The molecule has 0 spiro atoms. The van der Waals surface area contributed by atoms with Crippen LogP contribution in [-0.2, 0) is 5.67 Å². The molecule has 0 fully saturated rings. The molecule has 14 heavy (non-hydrogen) atoms. The molecular weight excluding hydrogens is 175 g/mol. The zero-order valence-electron chi connectivity index (χ0n) is 9.10. The molecule has 0 aliphatic rings. The molecule has 0 aliphatic carbocycles. The molecule has 0 amide bonds. The maximum atomic E-state index is 14.2. The van der Waals surface area contributed by atoms with Gasteiger partial charge in [0.2, 0.25) is 0 Å². The molecule has 1 aromatic rings. The van der Waals surface area contributed by atoms with Crippen molar-refractivity contribution in [2.45, 2.75) is 32.9 Å². The van der Waals surface area contributed by atoms with Gasteiger partial charge in [-0.05, 0) is 31.9 Å². The molecule has 1 heteroatoms. The second-order valence-electron chi connectivity index (χ2n) is 4.01. The molecular formula is C13H17F. The number of benzene rings is 1. The third kappa shape index (κ3) is 2.22. The first-order valence-electron chi connectivity index (χ1n) is 4.85. The van der Waals surface area contributed by atoms with Gasteiger partial charge in [-0.1, -0.05) is 29.8 Å². The number of rotatable bonds is 3. The van der Waals surface area contributed by atoms with Gasteiger partial charge >= 0.3 is 0 Å². The van der Waals surface area contributed by atoms with Gasteiger partial charge in [0.1, 0.15) is 5.67 Å². The van der Waals surface area contributed by atoms with Crippen LogP contribution in [0.25, 0.3) is 0 Å². The number of halogens is 1. The van der Waals surface area contributed by atoms with Crippen LogP contribution in [0.4, 0.5) is 4.39 Å². The summed E-state index contributed by atoms with van der Waals surface area (Å²) in [5.41, 5.74) is 1.58. The van der Waals surface area contributed by atoms with Crippen molar-refractivity contribution in [2.24, 2.45) is 0 Å². The highest BCUT2D eigenvalue weighted by Crippen LogP contribution is 2.32. The molecule has 0 N–H and O–H groups in total. The molecule has 0 radical (unpaired) electrons. The Morgan fingerprint density at radius 2 is 2.07 bits per heavy atom. The van der Waals surface area contributed by atoms with Gasteiger partial charge in [-0.2, -0.15) is 0 Å². The standard InChI is InChI=1S/C13H17F/c1-5-8-13(4,14)12-9-10(2)6-7-11(12)3/h5-7,9H,1,8H2,2-4H3. The molecule has 0 nitrogen and oxygen atoms in total. The molecule has 0 bridgehead atoms. The Kier molecular flexibility index (Phi) is 3.10. The smallest absolute Gasteiger partial charge is 0.136 e. The number of hydrogen-bond acceptors (Lipinski definition) is 0. The van der Waals surface area contributed by atoms with Crippen molar-refractivity contribution in [1.82, 2.24) is 0 Å². The minimum absolute atomic E-state index is 0.358. The van der Waals surface area contributed by atoms with Crippen LogP contribution in [0.3, 0.4) is 0 Å². The second kappa shape index (κ2) is 3.95. The highest BCUT2D eigenvalue weighted by molar-refractivity contribution is 5.35. The Labute approximate surface area is 85.5 Å². The Hall–Kier alpha value is -1.11. The first kappa shape index (κ1) is 11.0. The lowest BCUT2D eigenvalue weighted by atomic mass is 9.89. The molecule has 76 valence electrons. The fourth-order valence-electron chi connectivity index (χ4n) is 1.68. The average Bonchev–Trinajstić information content (AvgIpc) is 2.09. The molecule has 1 rings (SSSR count). The van der Waals surface area contributed by atoms with Crippen LogP contribution >= 0.6 is 0 Å². The van der Waals surface area contributed by atoms with Gasteiger partial charge in [0.05, 0.1) is 0 Å². The highest BCUT2D eigenvalue weighted by Gasteiger charge is 2.25. The van der Waals surface area contributed by atoms with Crippen molar-refractivity contribution in [3.63, 3.8) is 0 Å². The zero-order chi connectivity index (χ0) is 10.8. The minimum atomic E-state index is -1.29. The van der Waals surface area contributed by atoms with Crippen LogP contribution in [0.1, 0.15) is 30.0 Å². The maximum Gasteiger partial charge on any atom is 0.136 e. The minimum Gasteiger partial charge on any atom is -0.239 e. The Morgan fingerprint density at radius 3 is 2.64 bits per heavy atom. The van der Waals surface area contributed by atoms with Gasteiger partial charge in [-0.15, -0.1) is 6.58 Å². The normalized spacial score (nSPS) is 14.9. The van der Waals surface area contributed by atoms with Crippen LogP contribution < -0.4 is 0 Å². The molecule has 0 saturated carbocycles. The fourth-order valence-corrected chi connectivity index (χ4v) is 1.68. The van der Waals surface area contributed by atoms with E-state index in [4.69, 9.17) is 0 Å². The van der Waals surface area contributed by atoms with E-state index >= 15 is 0 Å². The number of alkyl halides is 1. The first-order valence-corrected chi connectivity index (χ1v) is 4.85. The van der Waals surface area contributed by atoms with Gasteiger partial charge in [0.15, 0.2) is 0 Å². The third-order valence-electron chi connectivity index (χ3n) is 2.48. The lowest BCUT2D eigenvalue weighted by molar-refractivity contribution is 0.195. The number of allylic oxidation sites excluding steroid dienone is 1. The van der Waals surface area contributed by atoms with E-state index in [-0.39, 0.29) is 0 Å². The molecule has 0 saturated heterocycles. The fraction of sp³-hybridized carbons (Fsp3) is 0.385. The van der Waals surface area contributed by atoms with Crippen LogP contribution in [0.2, 0.25) is 0 Å². The summed E-state index contributed by atoms with van der Waals surface area (Å²) in [6, 6.07) is 5.88. The zero-order valence-corrected chi connectivity index (χ0v) is 9.10. The molecule has 0 aliphatic heterocycles. The summed E-state index contributed by atoms with van der Waals surface area (Å²) in [6.45, 7) is 9.11. The quantitative estimate of drug-likeness (QED) is 0.633. The van der Waals surface area contributed by atoms with Gasteiger partial charge in [-0.25, -0.2) is 4.39 Å². The van der Waals surface area contributed by atoms with E-state index in [2.05, 4.69) is 6.58 Å². The van der Waals surface area contributed by atoms with Crippen LogP contribution in [0.15, 0.2) is 30.9 Å². The van der Waals surface area contributed by atoms with E-state index in [9.17, 15) is 4.39 Å². The summed E-state index contributed by atoms with van der Waals surface area (Å²) in [7, 11) is 0. The van der Waals surface area contributed by atoms with Crippen LogP contribution in [-0.4, -0.2) is 0 Å². The van der Waals surface area contributed by atoms with Crippen molar-refractivity contribution < 1.29 is 4.39 Å². The lowest BCUT2D eigenvalue weighted by Crippen LogP contribution is -2.15. The molecule has 0 aromatic heterocycles. The van der Waals surface area contributed by atoms with E-state index in [1.54, 1.807) is 13.0 Å². The van der Waals surface area contributed by atoms with Crippen molar-refractivity contribution in [3.8, 4) is 0 Å². The van der Waals surface area contributed by atoms with Crippen molar-refractivity contribution in [2.75, 3.05) is 0 Å². The Balaban J connectivity index is 3.16. The number of hydrogen-bond donors (Lipinski definition) is 0. The predicted molar refractivity (Wildman–Crippen MR) is 59.2 cm³/mol. The predicted octanol–water partition coefficient (Wildman–Crippen LogP) is 4.06. The summed E-state index contributed by atoms with van der Waals surface area (Å²) >= 11 is 0. The van der Waals surface area contributed by atoms with Gasteiger partial charge in [-0.3, -0.25) is 0 Å². The Bertz CT molecular complexity index is 337. The molecule has 0 heterocycles. The van der Waals surface area contributed by atoms with Gasteiger partial charge < -0.3 is 0 Å². The molecule has 1 aromatic carbocycles. The monoisotopic (exact) mass is 192 g/mol. The highest BCUT2D eigenvalue weighted by atomic mass is 19.1. The number of aryl methyl sites for hydroxylation is 2. The summed E-state index contributed by atoms with van der Waals surface area (Å²) < 4.78 is 14.2. The van der Waals surface area contributed by atoms with Crippen molar-refractivity contribution in [1.29, 1.82) is 0 Å². The largest absolute Gasteiger partial charge is 0.239 e. The van der Waals surface area contributed by atoms with Crippen LogP contribution in [0.5, 0.6) is 0 Å². The maximum absolute atomic E-state index is 14.2. The molecule has 1 unspecified atom stereocenters. The average molecular weight is 192 g/mol. The van der Waals surface area contributed by atoms with Crippen molar-refractivity contribution >= 4 is 0 Å². The summed E-state index contributed by atoms with van der Waals surface area (Å²) in [5.74, 6) is 0. The SMILES string of the molecule is C=CCC(C)(F)c1cc(C)ccc1C. The second-order valence-corrected chi connectivity index (χ2v) is 4.01. The summed E-state index contributed by atoms with van der Waals surface area (Å²) in [5, 5.41) is 0.